The topological polar surface area (TPSA) is 204 Å². The third-order valence-electron chi connectivity index (χ3n) is 3.72. The SMILES string of the molecule is NC(=O)c1nc(C#Cc2cccs2)n([C@@H]2O[C@H](C(O)O)C(O)(O)C2(O)O)n1. The molecule has 27 heavy (non-hydrogen) atoms. The molecule has 13 heteroatoms. The number of ether oxygens (including phenoxy) is 1. The predicted octanol–water partition coefficient (Wildman–Crippen LogP) is -3.59. The standard InChI is InChI=1S/C14H14N4O8S/c15-9(19)10-16-7(4-3-6-2-1-5-27-6)18(17-10)12-14(24,25)13(22,23)8(26-12)11(20)21/h1-2,5,8,11-12,20-25H,(H2,15,19)/t8-,12-/m1/s1. The highest BCUT2D eigenvalue weighted by Crippen LogP contribution is 2.43. The number of aliphatic hydroxyl groups excluding tert-OH is 1. The molecular formula is C14H14N4O8S. The smallest absolute Gasteiger partial charge is 0.288 e. The second-order valence-corrected chi connectivity index (χ2v) is 6.52. The normalized spacial score (nSPS) is 23.2. The van der Waals surface area contributed by atoms with Gasteiger partial charge in [-0.25, -0.2) is 4.68 Å². The summed E-state index contributed by atoms with van der Waals surface area (Å²) in [7, 11) is 0. The van der Waals surface area contributed by atoms with Crippen LogP contribution in [0, 0.1) is 11.8 Å². The number of amides is 1. The highest BCUT2D eigenvalue weighted by Gasteiger charge is 2.69. The molecule has 0 bridgehead atoms. The highest BCUT2D eigenvalue weighted by atomic mass is 32.1. The molecule has 0 spiro atoms. The van der Waals surface area contributed by atoms with Gasteiger partial charge < -0.3 is 41.1 Å². The highest BCUT2D eigenvalue weighted by molar-refractivity contribution is 7.10. The molecule has 3 rings (SSSR count). The Morgan fingerprint density at radius 1 is 1.30 bits per heavy atom. The van der Waals surface area contributed by atoms with E-state index in [4.69, 9.17) is 10.5 Å². The maximum atomic E-state index is 11.4. The van der Waals surface area contributed by atoms with Gasteiger partial charge in [0.2, 0.25) is 17.9 Å². The van der Waals surface area contributed by atoms with E-state index in [9.17, 15) is 35.4 Å². The van der Waals surface area contributed by atoms with Crippen molar-refractivity contribution in [2.24, 2.45) is 5.73 Å². The van der Waals surface area contributed by atoms with Crippen LogP contribution in [0.3, 0.4) is 0 Å². The van der Waals surface area contributed by atoms with Crippen molar-refractivity contribution in [3.63, 3.8) is 0 Å². The second-order valence-electron chi connectivity index (χ2n) is 5.57. The summed E-state index contributed by atoms with van der Waals surface area (Å²) >= 11 is 1.30. The average Bonchev–Trinajstić information content (AvgIpc) is 3.24. The number of hydrogen-bond donors (Lipinski definition) is 7. The largest absolute Gasteiger partial charge is 0.366 e. The molecule has 0 radical (unpaired) electrons. The zero-order valence-electron chi connectivity index (χ0n) is 13.3. The fourth-order valence-corrected chi connectivity index (χ4v) is 2.94. The Morgan fingerprint density at radius 3 is 2.52 bits per heavy atom. The Balaban J connectivity index is 2.09. The molecular weight excluding hydrogens is 384 g/mol. The van der Waals surface area contributed by atoms with Crippen molar-refractivity contribution in [3.8, 4) is 11.8 Å². The van der Waals surface area contributed by atoms with E-state index in [0.717, 1.165) is 0 Å². The van der Waals surface area contributed by atoms with Gasteiger partial charge >= 0.3 is 0 Å². The predicted molar refractivity (Wildman–Crippen MR) is 85.3 cm³/mol. The number of carbonyl (C=O) groups excluding carboxylic acids is 1. The summed E-state index contributed by atoms with van der Waals surface area (Å²) in [4.78, 5) is 15.7. The summed E-state index contributed by atoms with van der Waals surface area (Å²) in [5.74, 6) is -3.69. The molecule has 0 aromatic carbocycles. The third kappa shape index (κ3) is 3.20. The van der Waals surface area contributed by atoms with Crippen LogP contribution in [-0.4, -0.2) is 75.3 Å². The molecule has 1 fully saturated rings. The summed E-state index contributed by atoms with van der Waals surface area (Å²) in [5.41, 5.74) is 5.11. The van der Waals surface area contributed by atoms with Crippen LogP contribution in [0.1, 0.15) is 27.5 Å². The van der Waals surface area contributed by atoms with Crippen molar-refractivity contribution in [2.45, 2.75) is 30.2 Å². The first-order valence-corrected chi connectivity index (χ1v) is 8.16. The molecule has 12 nitrogen and oxygen atoms in total. The number of thiophene rings is 1. The minimum absolute atomic E-state index is 0.321. The van der Waals surface area contributed by atoms with Gasteiger partial charge in [0.1, 0.15) is 0 Å². The Kier molecular flexibility index (Phi) is 4.76. The van der Waals surface area contributed by atoms with Crippen LogP contribution in [0.25, 0.3) is 0 Å². The van der Waals surface area contributed by atoms with Crippen LogP contribution in [0.2, 0.25) is 0 Å². The zero-order valence-corrected chi connectivity index (χ0v) is 14.1. The van der Waals surface area contributed by atoms with Crippen molar-refractivity contribution < 1.29 is 40.2 Å². The third-order valence-corrected chi connectivity index (χ3v) is 4.51. The van der Waals surface area contributed by atoms with E-state index in [0.29, 0.717) is 9.56 Å². The van der Waals surface area contributed by atoms with Crippen LogP contribution >= 0.6 is 11.3 Å². The maximum absolute atomic E-state index is 11.4. The van der Waals surface area contributed by atoms with Crippen molar-refractivity contribution in [2.75, 3.05) is 0 Å². The molecule has 2 aromatic heterocycles. The van der Waals surface area contributed by atoms with Crippen LogP contribution in [0.5, 0.6) is 0 Å². The van der Waals surface area contributed by atoms with Gasteiger partial charge in [-0.05, 0) is 23.3 Å². The number of primary amides is 1. The second kappa shape index (κ2) is 6.64. The lowest BCUT2D eigenvalue weighted by Gasteiger charge is -2.31. The number of carbonyl (C=O) groups is 1. The molecule has 0 saturated carbocycles. The first-order valence-electron chi connectivity index (χ1n) is 7.28. The Bertz CT molecular complexity index is 911. The Labute approximate surface area is 154 Å². The minimum atomic E-state index is -3.50. The van der Waals surface area contributed by atoms with Gasteiger partial charge in [0.25, 0.3) is 17.5 Å². The van der Waals surface area contributed by atoms with Crippen LogP contribution in [-0.2, 0) is 4.74 Å². The molecule has 1 aliphatic heterocycles. The summed E-state index contributed by atoms with van der Waals surface area (Å²) in [5, 5.41) is 63.9. The van der Waals surface area contributed by atoms with E-state index in [1.54, 1.807) is 17.5 Å². The number of hydrogen-bond acceptors (Lipinski definition) is 11. The average molecular weight is 398 g/mol. The van der Waals surface area contributed by atoms with E-state index >= 15 is 0 Å². The Hall–Kier alpha value is -2.41. The monoisotopic (exact) mass is 398 g/mol. The van der Waals surface area contributed by atoms with E-state index < -0.39 is 41.9 Å². The van der Waals surface area contributed by atoms with E-state index in [1.807, 2.05) is 0 Å². The van der Waals surface area contributed by atoms with Crippen molar-refractivity contribution in [1.82, 2.24) is 14.8 Å². The quantitative estimate of drug-likeness (QED) is 0.200. The lowest BCUT2D eigenvalue weighted by atomic mass is 10.0. The fourth-order valence-electron chi connectivity index (χ4n) is 2.37. The molecule has 0 aliphatic carbocycles. The number of nitrogens with zero attached hydrogens (tertiary/aromatic N) is 3. The van der Waals surface area contributed by atoms with Gasteiger partial charge in [0.05, 0.1) is 4.88 Å². The molecule has 1 aliphatic rings. The van der Waals surface area contributed by atoms with Gasteiger partial charge in [0, 0.05) is 0 Å². The minimum Gasteiger partial charge on any atom is -0.366 e. The molecule has 1 amide bonds. The summed E-state index contributed by atoms with van der Waals surface area (Å²) in [6, 6.07) is 3.42. The van der Waals surface area contributed by atoms with Gasteiger partial charge in [0.15, 0.2) is 12.4 Å². The molecule has 2 atom stereocenters. The zero-order chi connectivity index (χ0) is 20.0. The van der Waals surface area contributed by atoms with Crippen molar-refractivity contribution >= 4 is 17.2 Å². The first-order chi connectivity index (χ1) is 12.6. The van der Waals surface area contributed by atoms with E-state index in [-0.39, 0.29) is 5.82 Å². The number of aliphatic hydroxyl groups is 6. The Morgan fingerprint density at radius 2 is 2.00 bits per heavy atom. The van der Waals surface area contributed by atoms with Crippen molar-refractivity contribution in [3.05, 3.63) is 34.0 Å². The maximum Gasteiger partial charge on any atom is 0.288 e. The molecule has 3 heterocycles. The molecule has 0 unspecified atom stereocenters. The van der Waals surface area contributed by atoms with Crippen molar-refractivity contribution in [1.29, 1.82) is 0 Å². The number of aromatic nitrogens is 3. The van der Waals surface area contributed by atoms with Crippen LogP contribution < -0.4 is 5.73 Å². The van der Waals surface area contributed by atoms with Gasteiger partial charge in [-0.1, -0.05) is 6.07 Å². The van der Waals surface area contributed by atoms with Gasteiger partial charge in [-0.3, -0.25) is 4.79 Å². The van der Waals surface area contributed by atoms with Crippen LogP contribution in [0.4, 0.5) is 0 Å². The lowest BCUT2D eigenvalue weighted by molar-refractivity contribution is -0.363. The van der Waals surface area contributed by atoms with E-state index in [1.165, 1.54) is 11.3 Å². The lowest BCUT2D eigenvalue weighted by Crippen LogP contribution is -2.60. The summed E-state index contributed by atoms with van der Waals surface area (Å²) in [6.45, 7) is 0. The van der Waals surface area contributed by atoms with Gasteiger partial charge in [-0.15, -0.1) is 16.4 Å². The summed E-state index contributed by atoms with van der Waals surface area (Å²) in [6.07, 6.45) is -6.83. The summed E-state index contributed by atoms with van der Waals surface area (Å²) < 4.78 is 5.54. The molecule has 8 N–H and O–H groups in total. The molecule has 144 valence electrons. The molecule has 1 saturated heterocycles. The number of nitrogens with two attached hydrogens (primary N) is 1. The van der Waals surface area contributed by atoms with Gasteiger partial charge in [-0.2, -0.15) is 4.98 Å². The van der Waals surface area contributed by atoms with Crippen LogP contribution in [0.15, 0.2) is 17.5 Å². The fraction of sp³-hybridized carbons (Fsp3) is 0.357. The first kappa shape index (κ1) is 19.4. The molecule has 2 aromatic rings. The number of rotatable bonds is 3. The van der Waals surface area contributed by atoms with E-state index in [2.05, 4.69) is 21.9 Å².